The van der Waals surface area contributed by atoms with E-state index >= 15 is 0 Å². The fourth-order valence-corrected chi connectivity index (χ4v) is 3.35. The van der Waals surface area contributed by atoms with Crippen molar-refractivity contribution in [2.75, 3.05) is 18.6 Å². The predicted octanol–water partition coefficient (Wildman–Crippen LogP) is 2.80. The summed E-state index contributed by atoms with van der Waals surface area (Å²) < 4.78 is 10.1. The number of nitrogens with zero attached hydrogens (tertiary/aromatic N) is 3. The first-order valence-corrected chi connectivity index (χ1v) is 10.7. The van der Waals surface area contributed by atoms with Crippen LogP contribution in [-0.2, 0) is 19.1 Å². The summed E-state index contributed by atoms with van der Waals surface area (Å²) in [7, 11) is 1.22. The summed E-state index contributed by atoms with van der Waals surface area (Å²) in [5.41, 5.74) is 7.20. The van der Waals surface area contributed by atoms with E-state index in [-0.39, 0.29) is 17.5 Å². The minimum atomic E-state index is -1.01. The zero-order valence-corrected chi connectivity index (χ0v) is 19.3. The van der Waals surface area contributed by atoms with Gasteiger partial charge in [0.05, 0.1) is 7.11 Å². The number of hydrogen-bond donors (Lipinski definition) is 2. The number of methoxy groups -OCH3 is 1. The molecule has 12 heteroatoms. The number of rotatable bonds is 8. The van der Waals surface area contributed by atoms with Crippen molar-refractivity contribution in [2.24, 2.45) is 0 Å². The number of aromatic nitrogens is 2. The third-order valence-corrected chi connectivity index (χ3v) is 4.56. The highest BCUT2D eigenvalue weighted by molar-refractivity contribution is 7.99. The summed E-state index contributed by atoms with van der Waals surface area (Å²) in [6.07, 6.45) is 0.0639. The average Bonchev–Trinajstić information content (AvgIpc) is 2.61. The molecule has 0 bridgehead atoms. The summed E-state index contributed by atoms with van der Waals surface area (Å²) in [6.45, 7) is 6.91. The Balaban J connectivity index is 2.84. The van der Waals surface area contributed by atoms with Gasteiger partial charge in [0.2, 0.25) is 11.9 Å². The molecule has 30 heavy (non-hydrogen) atoms. The van der Waals surface area contributed by atoms with Gasteiger partial charge in [-0.15, -0.1) is 11.8 Å². The first-order chi connectivity index (χ1) is 14.0. The fraction of sp³-hybridized carbons (Fsp3) is 0.611. The van der Waals surface area contributed by atoms with Gasteiger partial charge in [-0.1, -0.05) is 24.9 Å². The second-order valence-electron chi connectivity index (χ2n) is 7.20. The fourth-order valence-electron chi connectivity index (χ4n) is 2.25. The third kappa shape index (κ3) is 9.04. The molecule has 0 aliphatic heterocycles. The van der Waals surface area contributed by atoms with Crippen LogP contribution in [0.4, 0.5) is 10.7 Å². The van der Waals surface area contributed by atoms with Gasteiger partial charge in [0.15, 0.2) is 6.04 Å². The molecule has 1 atom stereocenters. The molecule has 0 saturated carbocycles. The quantitative estimate of drug-likeness (QED) is 0.259. The van der Waals surface area contributed by atoms with E-state index in [1.165, 1.54) is 24.9 Å². The largest absolute Gasteiger partial charge is 0.467 e. The number of carbonyl (C=O) groups excluding carboxylic acids is 3. The molecule has 1 aromatic heterocycles. The molecule has 0 fully saturated rings. The van der Waals surface area contributed by atoms with Gasteiger partial charge in [0.25, 0.3) is 0 Å². The van der Waals surface area contributed by atoms with Gasteiger partial charge in [-0.3, -0.25) is 10.2 Å². The van der Waals surface area contributed by atoms with E-state index in [4.69, 9.17) is 26.8 Å². The average molecular weight is 462 g/mol. The lowest BCUT2D eigenvalue weighted by Gasteiger charge is -2.32. The lowest BCUT2D eigenvalue weighted by molar-refractivity contribution is -0.149. The van der Waals surface area contributed by atoms with Crippen molar-refractivity contribution >= 4 is 47.3 Å². The number of halogens is 1. The normalized spacial score (nSPS) is 12.1. The highest BCUT2D eigenvalue weighted by atomic mass is 35.5. The molecule has 0 aliphatic carbocycles. The number of anilines is 1. The Morgan fingerprint density at radius 1 is 1.33 bits per heavy atom. The molecular formula is C18H28ClN5O5S. The first-order valence-electron chi connectivity index (χ1n) is 9.29. The molecule has 0 aliphatic rings. The molecule has 0 spiro atoms. The maximum atomic E-state index is 12.6. The summed E-state index contributed by atoms with van der Waals surface area (Å²) >= 11 is 7.08. The molecule has 0 unspecified atom stereocenters. The number of carbonyl (C=O) groups is 3. The van der Waals surface area contributed by atoms with E-state index < -0.39 is 29.6 Å². The Morgan fingerprint density at radius 2 is 2.00 bits per heavy atom. The number of esters is 1. The highest BCUT2D eigenvalue weighted by Gasteiger charge is 2.34. The Bertz CT molecular complexity index is 739. The van der Waals surface area contributed by atoms with Crippen molar-refractivity contribution < 1.29 is 23.9 Å². The van der Waals surface area contributed by atoms with Gasteiger partial charge < -0.3 is 15.2 Å². The van der Waals surface area contributed by atoms with Gasteiger partial charge in [0, 0.05) is 18.2 Å². The van der Waals surface area contributed by atoms with Crippen molar-refractivity contribution in [2.45, 2.75) is 63.6 Å². The molecule has 0 aromatic carbocycles. The molecule has 10 nitrogen and oxygen atoms in total. The van der Waals surface area contributed by atoms with Crippen molar-refractivity contribution in [3.8, 4) is 0 Å². The van der Waals surface area contributed by atoms with Crippen LogP contribution >= 0.6 is 23.4 Å². The van der Waals surface area contributed by atoms with E-state index in [0.29, 0.717) is 23.6 Å². The summed E-state index contributed by atoms with van der Waals surface area (Å²) in [4.78, 5) is 45.1. The van der Waals surface area contributed by atoms with Crippen LogP contribution in [0.2, 0.25) is 5.15 Å². The second kappa shape index (κ2) is 11.8. The van der Waals surface area contributed by atoms with Crippen LogP contribution in [-0.4, -0.2) is 57.5 Å². The Kier molecular flexibility index (Phi) is 10.1. The topological polar surface area (TPSA) is 137 Å². The maximum absolute atomic E-state index is 12.6. The van der Waals surface area contributed by atoms with E-state index in [1.54, 1.807) is 20.8 Å². The maximum Gasteiger partial charge on any atom is 0.430 e. The number of hydrogen-bond acceptors (Lipinski definition) is 9. The van der Waals surface area contributed by atoms with Crippen LogP contribution < -0.4 is 11.2 Å². The van der Waals surface area contributed by atoms with Gasteiger partial charge in [-0.2, -0.15) is 0 Å². The lowest BCUT2D eigenvalue weighted by Crippen LogP contribution is -2.56. The Hall–Kier alpha value is -2.27. The molecule has 168 valence electrons. The number of nitrogen functional groups attached to an aromatic ring is 1. The Labute approximate surface area is 185 Å². The van der Waals surface area contributed by atoms with Gasteiger partial charge in [-0.05, 0) is 27.2 Å². The van der Waals surface area contributed by atoms with Crippen molar-refractivity contribution in [3.63, 3.8) is 0 Å². The van der Waals surface area contributed by atoms with Crippen LogP contribution in [0, 0.1) is 0 Å². The highest BCUT2D eigenvalue weighted by Crippen LogP contribution is 2.20. The summed E-state index contributed by atoms with van der Waals surface area (Å²) in [5, 5.41) is 1.61. The minimum absolute atomic E-state index is 0.0332. The first kappa shape index (κ1) is 25.8. The zero-order chi connectivity index (χ0) is 22.9. The third-order valence-electron chi connectivity index (χ3n) is 3.45. The summed E-state index contributed by atoms with van der Waals surface area (Å²) in [6, 6.07) is 0.522. The molecule has 0 saturated heterocycles. The molecule has 3 N–H and O–H groups in total. The second-order valence-corrected chi connectivity index (χ2v) is 8.70. The molecule has 1 aromatic rings. The van der Waals surface area contributed by atoms with Crippen molar-refractivity contribution in [3.05, 3.63) is 11.2 Å². The summed E-state index contributed by atoms with van der Waals surface area (Å²) in [5.74, 6) is -0.765. The molecular weight excluding hydrogens is 434 g/mol. The molecule has 1 rings (SSSR count). The minimum Gasteiger partial charge on any atom is -0.467 e. The van der Waals surface area contributed by atoms with E-state index in [2.05, 4.69) is 15.4 Å². The number of ether oxygens (including phenoxy) is 2. The van der Waals surface area contributed by atoms with Crippen molar-refractivity contribution in [1.29, 1.82) is 0 Å². The molecule has 2 amide bonds. The van der Waals surface area contributed by atoms with Crippen LogP contribution in [0.25, 0.3) is 0 Å². The van der Waals surface area contributed by atoms with Crippen LogP contribution in [0.5, 0.6) is 0 Å². The van der Waals surface area contributed by atoms with Gasteiger partial charge >= 0.3 is 12.1 Å². The van der Waals surface area contributed by atoms with E-state index in [1.807, 2.05) is 6.92 Å². The van der Waals surface area contributed by atoms with Gasteiger partial charge in [0.1, 0.15) is 15.8 Å². The number of amides is 2. The van der Waals surface area contributed by atoms with Crippen LogP contribution in [0.3, 0.4) is 0 Å². The lowest BCUT2D eigenvalue weighted by atomic mass is 10.1. The Morgan fingerprint density at radius 3 is 2.53 bits per heavy atom. The van der Waals surface area contributed by atoms with Crippen LogP contribution in [0.1, 0.15) is 47.0 Å². The monoisotopic (exact) mass is 461 g/mol. The van der Waals surface area contributed by atoms with Crippen LogP contribution in [0.15, 0.2) is 11.1 Å². The van der Waals surface area contributed by atoms with Crippen molar-refractivity contribution in [1.82, 2.24) is 20.4 Å². The number of thioether (sulfide) groups is 1. The SMILES string of the molecule is CCC[C@@H](C(=O)OC)N(NC(=O)CCSc1cc(Cl)nc(N)n1)C(=O)OC(C)(C)C. The number of nitrogens with one attached hydrogen (secondary N) is 1. The smallest absolute Gasteiger partial charge is 0.430 e. The standard InChI is InChI=1S/C18H28ClN5O5S/c1-6-7-11(15(26)28-5)24(17(27)29-18(2,3)4)23-13(25)8-9-30-14-10-12(19)21-16(20)22-14/h10-11H,6-9H2,1-5H3,(H,23,25)(H2,20,21,22)/t11-/m0/s1. The zero-order valence-electron chi connectivity index (χ0n) is 17.7. The predicted molar refractivity (Wildman–Crippen MR) is 114 cm³/mol. The van der Waals surface area contributed by atoms with Gasteiger partial charge in [-0.25, -0.2) is 24.6 Å². The molecule has 1 heterocycles. The number of nitrogens with two attached hydrogens (primary N) is 1. The van der Waals surface area contributed by atoms with E-state index in [0.717, 1.165) is 5.01 Å². The number of hydrazine groups is 1. The van der Waals surface area contributed by atoms with E-state index in [9.17, 15) is 14.4 Å². The molecule has 0 radical (unpaired) electrons.